The number of hydrogen-bond donors (Lipinski definition) is 5. The van der Waals surface area contributed by atoms with Crippen molar-refractivity contribution in [3.8, 4) is 6.07 Å². The van der Waals surface area contributed by atoms with Crippen molar-refractivity contribution < 1.29 is 30.0 Å². The van der Waals surface area contributed by atoms with Gasteiger partial charge < -0.3 is 26.2 Å². The third kappa shape index (κ3) is 8.63. The fourth-order valence-electron chi connectivity index (χ4n) is 0.270. The summed E-state index contributed by atoms with van der Waals surface area (Å²) >= 11 is 0. The molecule has 0 aliphatic heterocycles. The number of rotatable bonds is 3. The molecule has 0 aliphatic carbocycles. The van der Waals surface area contributed by atoms with E-state index in [9.17, 15) is 9.59 Å². The zero-order valence-corrected chi connectivity index (χ0v) is 7.86. The Balaban J connectivity index is 0. The van der Waals surface area contributed by atoms with Crippen LogP contribution in [0.1, 0.15) is 6.92 Å². The van der Waals surface area contributed by atoms with Crippen molar-refractivity contribution in [1.82, 2.24) is 0 Å². The van der Waals surface area contributed by atoms with Crippen LogP contribution in [0.5, 0.6) is 0 Å². The van der Waals surface area contributed by atoms with Crippen molar-refractivity contribution in [3.05, 3.63) is 0 Å². The average Bonchev–Trinajstić information content (AvgIpc) is 2.16. The molecule has 0 radical (unpaired) electrons. The molecule has 0 heterocycles. The second kappa shape index (κ2) is 7.69. The van der Waals surface area contributed by atoms with Crippen LogP contribution in [-0.2, 0) is 9.59 Å². The highest BCUT2D eigenvalue weighted by Gasteiger charge is 2.29. The van der Waals surface area contributed by atoms with Gasteiger partial charge in [0, 0.05) is 0 Å². The number of carboxylic acid groups (broad SMARTS) is 2. The van der Waals surface area contributed by atoms with Gasteiger partial charge >= 0.3 is 11.9 Å². The monoisotopic (exact) mass is 220 g/mol. The largest absolute Gasteiger partial charge is 0.479 e. The number of nitrogens with zero attached hydrogens (tertiary/aromatic N) is 1. The molecule has 3 atom stereocenters. The van der Waals surface area contributed by atoms with E-state index < -0.39 is 24.1 Å². The summed E-state index contributed by atoms with van der Waals surface area (Å²) in [4.78, 5) is 19.5. The molecule has 0 aromatic heterocycles. The Morgan fingerprint density at radius 1 is 1.20 bits per heavy atom. The highest BCUT2D eigenvalue weighted by atomic mass is 16.4. The Labute approximate surface area is 85.2 Å². The predicted octanol–water partition coefficient (Wildman–Crippen LogP) is -2.27. The van der Waals surface area contributed by atoms with Gasteiger partial charge in [0.1, 0.15) is 0 Å². The van der Waals surface area contributed by atoms with E-state index in [-0.39, 0.29) is 6.04 Å². The first kappa shape index (κ1) is 15.8. The van der Waals surface area contributed by atoms with Gasteiger partial charge in [0.05, 0.1) is 12.1 Å². The van der Waals surface area contributed by atoms with Crippen LogP contribution in [0.25, 0.3) is 0 Å². The fourth-order valence-corrected chi connectivity index (χ4v) is 0.270. The van der Waals surface area contributed by atoms with Gasteiger partial charge in [0.2, 0.25) is 0 Å². The lowest BCUT2D eigenvalue weighted by Crippen LogP contribution is -2.39. The SMILES string of the molecule is CC(N)C#N.O=C(O)C(O)C(O)C(=O)O. The summed E-state index contributed by atoms with van der Waals surface area (Å²) < 4.78 is 0. The molecule has 0 rings (SSSR count). The third-order valence-corrected chi connectivity index (χ3v) is 1.01. The van der Waals surface area contributed by atoms with Crippen molar-refractivity contribution in [2.75, 3.05) is 0 Å². The third-order valence-electron chi connectivity index (χ3n) is 1.01. The zero-order chi connectivity index (χ0) is 12.6. The normalized spacial score (nSPS) is 14.9. The minimum absolute atomic E-state index is 0.310. The first-order valence-corrected chi connectivity index (χ1v) is 3.71. The topological polar surface area (TPSA) is 165 Å². The molecule has 8 nitrogen and oxygen atoms in total. The van der Waals surface area contributed by atoms with Crippen molar-refractivity contribution in [1.29, 1.82) is 5.26 Å². The maximum Gasteiger partial charge on any atom is 0.335 e. The Morgan fingerprint density at radius 2 is 1.40 bits per heavy atom. The second-order valence-electron chi connectivity index (χ2n) is 2.48. The Hall–Kier alpha value is -1.69. The molecule has 15 heavy (non-hydrogen) atoms. The lowest BCUT2D eigenvalue weighted by molar-refractivity contribution is -0.165. The number of aliphatic hydroxyl groups is 2. The van der Waals surface area contributed by atoms with E-state index >= 15 is 0 Å². The van der Waals surface area contributed by atoms with Gasteiger partial charge in [0.25, 0.3) is 0 Å². The summed E-state index contributed by atoms with van der Waals surface area (Å²) in [5.41, 5.74) is 4.93. The maximum atomic E-state index is 9.77. The summed E-state index contributed by atoms with van der Waals surface area (Å²) in [6, 6.07) is 1.50. The summed E-state index contributed by atoms with van der Waals surface area (Å²) in [5.74, 6) is -3.54. The number of aliphatic carboxylic acids is 2. The summed E-state index contributed by atoms with van der Waals surface area (Å²) in [7, 11) is 0. The molecule has 0 spiro atoms. The molecule has 0 saturated heterocycles. The number of nitriles is 1. The molecule has 0 fully saturated rings. The van der Waals surface area contributed by atoms with Crippen LogP contribution in [-0.4, -0.2) is 50.6 Å². The number of carbonyl (C=O) groups is 2. The minimum Gasteiger partial charge on any atom is -0.479 e. The highest BCUT2D eigenvalue weighted by Crippen LogP contribution is 1.92. The van der Waals surface area contributed by atoms with Gasteiger partial charge in [-0.3, -0.25) is 0 Å². The van der Waals surface area contributed by atoms with E-state index in [1.165, 1.54) is 0 Å². The van der Waals surface area contributed by atoms with E-state index in [0.717, 1.165) is 0 Å². The number of aliphatic hydroxyl groups excluding tert-OH is 2. The molecule has 0 saturated carbocycles. The van der Waals surface area contributed by atoms with Crippen molar-refractivity contribution in [2.24, 2.45) is 5.73 Å². The van der Waals surface area contributed by atoms with Gasteiger partial charge in [-0.1, -0.05) is 0 Å². The minimum atomic E-state index is -2.27. The van der Waals surface area contributed by atoms with E-state index in [2.05, 4.69) is 0 Å². The highest BCUT2D eigenvalue weighted by molar-refractivity contribution is 5.83. The molecule has 0 aliphatic rings. The standard InChI is InChI=1S/C4H6O6.C3H6N2/c5-1(3(7)8)2(6)4(9)10;1-3(5)2-4/h1-2,5-6H,(H,7,8)(H,9,10);3H,5H2,1H3. The zero-order valence-electron chi connectivity index (χ0n) is 7.86. The van der Waals surface area contributed by atoms with Gasteiger partial charge in [-0.05, 0) is 6.92 Å². The smallest absolute Gasteiger partial charge is 0.335 e. The number of nitrogens with two attached hydrogens (primary N) is 1. The summed E-state index contributed by atoms with van der Waals surface area (Å²) in [6.45, 7) is 1.64. The van der Waals surface area contributed by atoms with Crippen LogP contribution < -0.4 is 5.73 Å². The average molecular weight is 220 g/mol. The molecule has 86 valence electrons. The molecule has 0 bridgehead atoms. The first-order chi connectivity index (χ1) is 6.73. The fraction of sp³-hybridized carbons (Fsp3) is 0.571. The lowest BCUT2D eigenvalue weighted by Gasteiger charge is -2.07. The molecular weight excluding hydrogens is 208 g/mol. The number of carboxylic acids is 2. The number of hydrogen-bond acceptors (Lipinski definition) is 6. The van der Waals surface area contributed by atoms with Crippen molar-refractivity contribution in [2.45, 2.75) is 25.2 Å². The van der Waals surface area contributed by atoms with Crippen LogP contribution >= 0.6 is 0 Å². The summed E-state index contributed by atoms with van der Waals surface area (Å²) in [5, 5.41) is 40.3. The van der Waals surface area contributed by atoms with Crippen LogP contribution in [0.2, 0.25) is 0 Å². The van der Waals surface area contributed by atoms with E-state index in [1.54, 1.807) is 13.0 Å². The molecule has 0 amide bonds. The van der Waals surface area contributed by atoms with Crippen LogP contribution in [0.4, 0.5) is 0 Å². The van der Waals surface area contributed by atoms with E-state index in [0.29, 0.717) is 0 Å². The maximum absolute atomic E-state index is 9.77. The van der Waals surface area contributed by atoms with Crippen molar-refractivity contribution in [3.63, 3.8) is 0 Å². The Kier molecular flexibility index (Phi) is 8.08. The Bertz CT molecular complexity index is 241. The summed E-state index contributed by atoms with van der Waals surface area (Å²) in [6.07, 6.45) is -4.53. The van der Waals surface area contributed by atoms with Gasteiger partial charge in [0.15, 0.2) is 12.2 Å². The molecule has 0 aromatic rings. The molecule has 3 unspecified atom stereocenters. The van der Waals surface area contributed by atoms with Crippen LogP contribution in [0.3, 0.4) is 0 Å². The molecule has 8 heteroatoms. The first-order valence-electron chi connectivity index (χ1n) is 3.71. The second-order valence-corrected chi connectivity index (χ2v) is 2.48. The molecule has 0 aromatic carbocycles. The quantitative estimate of drug-likeness (QED) is 0.355. The van der Waals surface area contributed by atoms with Gasteiger partial charge in [-0.25, -0.2) is 9.59 Å². The van der Waals surface area contributed by atoms with E-state index in [1.807, 2.05) is 0 Å². The van der Waals surface area contributed by atoms with Crippen LogP contribution in [0.15, 0.2) is 0 Å². The molecular formula is C7H12N2O6. The van der Waals surface area contributed by atoms with Crippen molar-refractivity contribution >= 4 is 11.9 Å². The Morgan fingerprint density at radius 3 is 1.47 bits per heavy atom. The predicted molar refractivity (Wildman–Crippen MR) is 46.5 cm³/mol. The van der Waals surface area contributed by atoms with E-state index in [4.69, 9.17) is 31.4 Å². The van der Waals surface area contributed by atoms with Gasteiger partial charge in [-0.2, -0.15) is 5.26 Å². The van der Waals surface area contributed by atoms with Crippen LogP contribution in [0, 0.1) is 11.3 Å². The van der Waals surface area contributed by atoms with Gasteiger partial charge in [-0.15, -0.1) is 0 Å². The molecule has 6 N–H and O–H groups in total. The lowest BCUT2D eigenvalue weighted by atomic mass is 10.2.